The van der Waals surface area contributed by atoms with Gasteiger partial charge >= 0.3 is 0 Å². The maximum Gasteiger partial charge on any atom is 0.242 e. The number of carbonyl (C=O) groups excluding carboxylic acids is 2. The molecule has 2 amide bonds. The van der Waals surface area contributed by atoms with E-state index in [9.17, 15) is 9.59 Å². The van der Waals surface area contributed by atoms with Crippen LogP contribution in [0.3, 0.4) is 0 Å². The highest BCUT2D eigenvalue weighted by molar-refractivity contribution is 5.83. The van der Waals surface area contributed by atoms with Gasteiger partial charge in [0.2, 0.25) is 12.3 Å². The fraction of sp³-hybridized carbons (Fsp3) is 0.905. The maximum absolute atomic E-state index is 12.1. The van der Waals surface area contributed by atoms with E-state index in [0.717, 1.165) is 25.7 Å². The van der Waals surface area contributed by atoms with Gasteiger partial charge in [-0.15, -0.1) is 0 Å². The first-order valence-corrected chi connectivity index (χ1v) is 10.9. The fourth-order valence-electron chi connectivity index (χ4n) is 3.17. The molecule has 26 heavy (non-hydrogen) atoms. The van der Waals surface area contributed by atoms with Crippen LogP contribution in [0.2, 0.25) is 0 Å². The Morgan fingerprint density at radius 2 is 1.38 bits per heavy atom. The molecular weight excluding hydrogens is 326 g/mol. The highest BCUT2D eigenvalue weighted by Gasteiger charge is 2.16. The Morgan fingerprint density at radius 3 is 1.88 bits per heavy atom. The summed E-state index contributed by atoms with van der Waals surface area (Å²) in [5, 5.41) is 5.54. The third-order valence-corrected chi connectivity index (χ3v) is 4.86. The molecule has 1 atom stereocenters. The average molecular weight is 370 g/mol. The molecule has 154 valence electrons. The van der Waals surface area contributed by atoms with Crippen LogP contribution in [0.4, 0.5) is 0 Å². The number of unbranched alkanes of at least 4 members (excludes halogenated alkanes) is 12. The summed E-state index contributed by atoms with van der Waals surface area (Å²) in [7, 11) is 0. The van der Waals surface area contributed by atoms with Gasteiger partial charge in [0.1, 0.15) is 6.04 Å². The second-order valence-electron chi connectivity index (χ2n) is 7.30. The van der Waals surface area contributed by atoms with Gasteiger partial charge in [-0.3, -0.25) is 9.59 Å². The van der Waals surface area contributed by atoms with E-state index >= 15 is 0 Å². The van der Waals surface area contributed by atoms with E-state index in [0.29, 0.717) is 25.9 Å². The Balaban J connectivity index is 3.46. The summed E-state index contributed by atoms with van der Waals surface area (Å²) in [6, 6.07) is -0.420. The summed E-state index contributed by atoms with van der Waals surface area (Å²) in [6.07, 6.45) is 18.7. The molecule has 0 saturated heterocycles. The first-order chi connectivity index (χ1) is 12.8. The number of carbonyl (C=O) groups is 2. The molecule has 5 nitrogen and oxygen atoms in total. The second kappa shape index (κ2) is 20.2. The molecule has 0 aromatic heterocycles. The monoisotopic (exact) mass is 369 g/mol. The Bertz CT molecular complexity index is 324. The van der Waals surface area contributed by atoms with E-state index in [-0.39, 0.29) is 5.91 Å². The van der Waals surface area contributed by atoms with Crippen LogP contribution in [0.15, 0.2) is 0 Å². The van der Waals surface area contributed by atoms with E-state index in [1.807, 2.05) is 0 Å². The lowest BCUT2D eigenvalue weighted by Crippen LogP contribution is -2.44. The summed E-state index contributed by atoms with van der Waals surface area (Å²) in [4.78, 5) is 22.7. The molecule has 0 spiro atoms. The van der Waals surface area contributed by atoms with Gasteiger partial charge < -0.3 is 16.4 Å². The van der Waals surface area contributed by atoms with E-state index in [1.165, 1.54) is 64.2 Å². The third-order valence-electron chi connectivity index (χ3n) is 4.86. The lowest BCUT2D eigenvalue weighted by molar-refractivity contribution is -0.125. The minimum atomic E-state index is -0.420. The smallest absolute Gasteiger partial charge is 0.242 e. The largest absolute Gasteiger partial charge is 0.354 e. The highest BCUT2D eigenvalue weighted by atomic mass is 16.2. The van der Waals surface area contributed by atoms with E-state index in [4.69, 9.17) is 5.73 Å². The number of hydrogen-bond acceptors (Lipinski definition) is 3. The summed E-state index contributed by atoms with van der Waals surface area (Å²) in [5.41, 5.74) is 5.46. The molecule has 0 saturated carbocycles. The van der Waals surface area contributed by atoms with Gasteiger partial charge in [-0.25, -0.2) is 0 Å². The zero-order valence-electron chi connectivity index (χ0n) is 17.1. The van der Waals surface area contributed by atoms with Crippen molar-refractivity contribution in [2.75, 3.05) is 13.1 Å². The van der Waals surface area contributed by atoms with Gasteiger partial charge in [0, 0.05) is 6.54 Å². The third kappa shape index (κ3) is 16.4. The Kier molecular flexibility index (Phi) is 19.4. The van der Waals surface area contributed by atoms with Crippen LogP contribution in [0, 0.1) is 0 Å². The van der Waals surface area contributed by atoms with Crippen molar-refractivity contribution in [3.05, 3.63) is 0 Å². The fourth-order valence-corrected chi connectivity index (χ4v) is 3.17. The summed E-state index contributed by atoms with van der Waals surface area (Å²) in [6.45, 7) is 3.58. The number of rotatable bonds is 20. The Morgan fingerprint density at radius 1 is 0.846 bits per heavy atom. The topological polar surface area (TPSA) is 84.2 Å². The number of nitrogens with two attached hydrogens (primary N) is 1. The van der Waals surface area contributed by atoms with Crippen molar-refractivity contribution in [3.8, 4) is 0 Å². The van der Waals surface area contributed by atoms with Crippen molar-refractivity contribution >= 4 is 12.3 Å². The lowest BCUT2D eigenvalue weighted by Gasteiger charge is -2.15. The van der Waals surface area contributed by atoms with Crippen molar-refractivity contribution in [2.24, 2.45) is 5.73 Å². The minimum Gasteiger partial charge on any atom is -0.354 e. The zero-order valence-corrected chi connectivity index (χ0v) is 17.1. The van der Waals surface area contributed by atoms with Crippen molar-refractivity contribution in [3.63, 3.8) is 0 Å². The molecule has 0 rings (SSSR count). The van der Waals surface area contributed by atoms with Crippen LogP contribution in [-0.4, -0.2) is 31.4 Å². The predicted molar refractivity (Wildman–Crippen MR) is 110 cm³/mol. The quantitative estimate of drug-likeness (QED) is 0.224. The first kappa shape index (κ1) is 24.9. The molecule has 4 N–H and O–H groups in total. The molecule has 0 radical (unpaired) electrons. The maximum atomic E-state index is 12.1. The van der Waals surface area contributed by atoms with Crippen molar-refractivity contribution in [2.45, 2.75) is 109 Å². The molecule has 1 unspecified atom stereocenters. The van der Waals surface area contributed by atoms with Crippen molar-refractivity contribution in [1.29, 1.82) is 0 Å². The molecule has 0 bridgehead atoms. The van der Waals surface area contributed by atoms with Crippen molar-refractivity contribution in [1.82, 2.24) is 10.6 Å². The van der Waals surface area contributed by atoms with Crippen LogP contribution in [0.1, 0.15) is 103 Å². The molecule has 0 aliphatic heterocycles. The molecule has 0 fully saturated rings. The molecule has 5 heteroatoms. The van der Waals surface area contributed by atoms with Gasteiger partial charge in [0.05, 0.1) is 0 Å². The van der Waals surface area contributed by atoms with E-state index < -0.39 is 6.04 Å². The van der Waals surface area contributed by atoms with Crippen molar-refractivity contribution < 1.29 is 9.59 Å². The molecule has 0 aromatic carbocycles. The van der Waals surface area contributed by atoms with Gasteiger partial charge in [-0.05, 0) is 32.2 Å². The number of hydrogen-bond donors (Lipinski definition) is 3. The van der Waals surface area contributed by atoms with Crippen LogP contribution >= 0.6 is 0 Å². The van der Waals surface area contributed by atoms with Crippen LogP contribution in [-0.2, 0) is 9.59 Å². The molecule has 0 aromatic rings. The Hall–Kier alpha value is -1.10. The predicted octanol–water partition coefficient (Wildman–Crippen LogP) is 4.05. The van der Waals surface area contributed by atoms with E-state index in [1.54, 1.807) is 0 Å². The van der Waals surface area contributed by atoms with Crippen LogP contribution in [0.25, 0.3) is 0 Å². The SMILES string of the molecule is CCCCCCCCCCCCCCNC(=O)C(CCCCN)NC=O. The van der Waals surface area contributed by atoms with Gasteiger partial charge in [0.25, 0.3) is 0 Å². The number of amides is 2. The van der Waals surface area contributed by atoms with Crippen LogP contribution in [0.5, 0.6) is 0 Å². The second-order valence-corrected chi connectivity index (χ2v) is 7.30. The minimum absolute atomic E-state index is 0.0720. The van der Waals surface area contributed by atoms with Gasteiger partial charge in [0.15, 0.2) is 0 Å². The Labute approximate surface area is 161 Å². The van der Waals surface area contributed by atoms with Crippen LogP contribution < -0.4 is 16.4 Å². The zero-order chi connectivity index (χ0) is 19.3. The molecule has 0 aliphatic rings. The highest BCUT2D eigenvalue weighted by Crippen LogP contribution is 2.11. The summed E-state index contributed by atoms with van der Waals surface area (Å²) in [5.74, 6) is -0.0720. The summed E-state index contributed by atoms with van der Waals surface area (Å²) < 4.78 is 0. The molecule has 0 aliphatic carbocycles. The van der Waals surface area contributed by atoms with E-state index in [2.05, 4.69) is 17.6 Å². The average Bonchev–Trinajstić information content (AvgIpc) is 2.64. The number of nitrogens with one attached hydrogen (secondary N) is 2. The lowest BCUT2D eigenvalue weighted by atomic mass is 10.1. The first-order valence-electron chi connectivity index (χ1n) is 10.9. The molecular formula is C21H43N3O2. The standard InChI is InChI=1S/C21H43N3O2/c1-2-3-4-5-6-7-8-9-10-11-12-15-18-23-21(26)20(24-19-25)16-13-14-17-22/h19-20H,2-18,22H2,1H3,(H,23,26)(H,24,25). The normalized spacial score (nSPS) is 11.9. The van der Waals surface area contributed by atoms with Gasteiger partial charge in [-0.2, -0.15) is 0 Å². The summed E-state index contributed by atoms with van der Waals surface area (Å²) >= 11 is 0. The molecule has 0 heterocycles. The van der Waals surface area contributed by atoms with Gasteiger partial charge in [-0.1, -0.05) is 77.6 Å².